The highest BCUT2D eigenvalue weighted by molar-refractivity contribution is 5.76. The van der Waals surface area contributed by atoms with Crippen LogP contribution in [0.3, 0.4) is 0 Å². The third kappa shape index (κ3) is 34.6. The Bertz CT molecular complexity index is 2070. The van der Waals surface area contributed by atoms with Gasteiger partial charge in [-0.05, 0) is 96.3 Å². The van der Waals surface area contributed by atoms with Crippen LogP contribution in [0.5, 0.6) is 0 Å². The van der Waals surface area contributed by atoms with Crippen LogP contribution in [-0.2, 0) is 33.2 Å². The Morgan fingerprint density at radius 2 is 0.769 bits per heavy atom. The van der Waals surface area contributed by atoms with Gasteiger partial charge in [0.1, 0.15) is 73.2 Å². The zero-order valence-electron chi connectivity index (χ0n) is 55.0. The van der Waals surface area contributed by atoms with Gasteiger partial charge in [0.05, 0.1) is 38.6 Å². The summed E-state index contributed by atoms with van der Waals surface area (Å²) < 4.78 is 34.3. The van der Waals surface area contributed by atoms with E-state index in [9.17, 15) is 61.0 Å². The molecule has 0 aromatic heterocycles. The largest absolute Gasteiger partial charge is 0.394 e. The molecule has 3 saturated heterocycles. The van der Waals surface area contributed by atoms with Crippen LogP contribution in [0.1, 0.15) is 206 Å². The van der Waals surface area contributed by atoms with E-state index in [-0.39, 0.29) is 18.9 Å². The van der Waals surface area contributed by atoms with E-state index in [0.717, 1.165) is 109 Å². The molecule has 0 aromatic carbocycles. The molecule has 91 heavy (non-hydrogen) atoms. The summed E-state index contributed by atoms with van der Waals surface area (Å²) in [5.74, 6) is -0.303. The topological polar surface area (TPSA) is 307 Å². The standard InChI is InChI=1S/C72H121NO18/c1-3-5-7-9-11-13-15-17-19-21-23-24-25-26-27-28-29-30-32-34-36-38-40-42-44-46-48-50-60(78)73-55(56(77)49-47-45-43-41-39-37-35-33-31-22-20-18-16-14-12-10-8-6-4-2)54-86-70-66(84)63(81)68(58(52-75)88-70)91-72-67(85)64(82)69(59(53-76)89-72)90-71-65(83)62(80)61(79)57(51-74)87-71/h5,7,11,13,17,19,23-24,26-27,29-31,33,39,41,47,49,55-59,61-72,74-77,79-85H,3-4,6,8-10,12,14-16,18,20-22,25,28,32,34-38,40,42-46,48,50-54H2,1-2H3,(H,73,78)/b7-5-,13-11-,19-17-,24-23-,27-26-,30-29-,33-31+,41-39+,49-47+. The van der Waals surface area contributed by atoms with Crippen molar-refractivity contribution >= 4 is 5.91 Å². The molecular weight excluding hydrogens is 1170 g/mol. The maximum atomic E-state index is 13.4. The van der Waals surface area contributed by atoms with Gasteiger partial charge in [-0.15, -0.1) is 0 Å². The minimum atomic E-state index is -1.99. The fraction of sp³-hybridized carbons (Fsp3) is 0.736. The lowest BCUT2D eigenvalue weighted by atomic mass is 9.96. The molecule has 12 N–H and O–H groups in total. The average molecular weight is 1290 g/mol. The fourth-order valence-corrected chi connectivity index (χ4v) is 10.9. The molecule has 19 nitrogen and oxygen atoms in total. The Labute approximate surface area is 545 Å². The summed E-state index contributed by atoms with van der Waals surface area (Å²) in [6.45, 7) is 1.57. The minimum Gasteiger partial charge on any atom is -0.394 e. The maximum absolute atomic E-state index is 13.4. The molecule has 0 aliphatic carbocycles. The average Bonchev–Trinajstić information content (AvgIpc) is 0.885. The van der Waals surface area contributed by atoms with Crippen LogP contribution in [-0.4, -0.2) is 193 Å². The van der Waals surface area contributed by atoms with E-state index in [4.69, 9.17) is 28.4 Å². The normalized spacial score (nSPS) is 28.6. The van der Waals surface area contributed by atoms with Crippen LogP contribution in [0.15, 0.2) is 109 Å². The molecule has 3 fully saturated rings. The van der Waals surface area contributed by atoms with E-state index in [0.29, 0.717) is 12.8 Å². The summed E-state index contributed by atoms with van der Waals surface area (Å²) in [5.41, 5.74) is 0. The molecule has 1 amide bonds. The highest BCUT2D eigenvalue weighted by Crippen LogP contribution is 2.33. The van der Waals surface area contributed by atoms with Crippen LogP contribution in [0.25, 0.3) is 0 Å². The van der Waals surface area contributed by atoms with E-state index < -0.39 is 124 Å². The van der Waals surface area contributed by atoms with E-state index in [1.165, 1.54) is 64.2 Å². The molecule has 17 atom stereocenters. The third-order valence-electron chi connectivity index (χ3n) is 16.5. The molecule has 0 saturated carbocycles. The summed E-state index contributed by atoms with van der Waals surface area (Å²) in [6.07, 6.45) is 43.4. The molecule has 3 aliphatic heterocycles. The maximum Gasteiger partial charge on any atom is 0.220 e. The number of allylic oxidation sites excluding steroid dienone is 17. The van der Waals surface area contributed by atoms with Crippen LogP contribution in [0.4, 0.5) is 0 Å². The minimum absolute atomic E-state index is 0.215. The molecule has 522 valence electrons. The van der Waals surface area contributed by atoms with E-state index >= 15 is 0 Å². The van der Waals surface area contributed by atoms with Gasteiger partial charge in [0.2, 0.25) is 5.91 Å². The summed E-state index contributed by atoms with van der Waals surface area (Å²) in [6, 6.07) is -1.01. The zero-order chi connectivity index (χ0) is 66.1. The first-order chi connectivity index (χ1) is 44.3. The fourth-order valence-electron chi connectivity index (χ4n) is 10.9. The van der Waals surface area contributed by atoms with Gasteiger partial charge in [-0.3, -0.25) is 4.79 Å². The van der Waals surface area contributed by atoms with Crippen LogP contribution in [0, 0.1) is 0 Å². The molecular formula is C72H121NO18. The second-order valence-corrected chi connectivity index (χ2v) is 24.2. The van der Waals surface area contributed by atoms with E-state index in [1.54, 1.807) is 6.08 Å². The van der Waals surface area contributed by atoms with Crippen LogP contribution < -0.4 is 5.32 Å². The van der Waals surface area contributed by atoms with Gasteiger partial charge >= 0.3 is 0 Å². The number of carbonyl (C=O) groups excluding carboxylic acids is 1. The highest BCUT2D eigenvalue weighted by Gasteiger charge is 2.53. The Balaban J connectivity index is 1.46. The van der Waals surface area contributed by atoms with Gasteiger partial charge in [-0.1, -0.05) is 213 Å². The molecule has 0 bridgehead atoms. The first-order valence-corrected chi connectivity index (χ1v) is 34.6. The number of unbranched alkanes of at least 4 members (excludes halogenated alkanes) is 19. The highest BCUT2D eigenvalue weighted by atomic mass is 16.8. The van der Waals surface area contributed by atoms with Crippen molar-refractivity contribution in [1.82, 2.24) is 5.32 Å². The lowest BCUT2D eigenvalue weighted by Crippen LogP contribution is -2.66. The Kier molecular flexibility index (Phi) is 47.3. The van der Waals surface area contributed by atoms with Crippen LogP contribution in [0.2, 0.25) is 0 Å². The van der Waals surface area contributed by atoms with Gasteiger partial charge in [0.15, 0.2) is 18.9 Å². The summed E-state index contributed by atoms with van der Waals surface area (Å²) in [4.78, 5) is 13.4. The molecule has 0 aromatic rings. The molecule has 3 aliphatic rings. The van der Waals surface area contributed by atoms with Crippen LogP contribution >= 0.6 is 0 Å². The van der Waals surface area contributed by atoms with Gasteiger partial charge in [0.25, 0.3) is 0 Å². The van der Waals surface area contributed by atoms with Gasteiger partial charge in [-0.2, -0.15) is 0 Å². The predicted octanol–water partition coefficient (Wildman–Crippen LogP) is 9.05. The molecule has 19 heteroatoms. The predicted molar refractivity (Wildman–Crippen MR) is 355 cm³/mol. The number of hydrogen-bond donors (Lipinski definition) is 12. The summed E-state index contributed by atoms with van der Waals surface area (Å²) >= 11 is 0. The number of nitrogens with one attached hydrogen (secondary N) is 1. The summed E-state index contributed by atoms with van der Waals surface area (Å²) in [5, 5.41) is 120. The van der Waals surface area contributed by atoms with E-state index in [1.807, 2.05) is 6.08 Å². The molecule has 17 unspecified atom stereocenters. The number of rotatable bonds is 51. The second-order valence-electron chi connectivity index (χ2n) is 24.2. The van der Waals surface area contributed by atoms with Crippen molar-refractivity contribution in [3.63, 3.8) is 0 Å². The van der Waals surface area contributed by atoms with Crippen molar-refractivity contribution in [3.05, 3.63) is 109 Å². The summed E-state index contributed by atoms with van der Waals surface area (Å²) in [7, 11) is 0. The number of amides is 1. The molecule has 0 spiro atoms. The molecule has 0 radical (unpaired) electrons. The third-order valence-corrected chi connectivity index (χ3v) is 16.5. The number of ether oxygens (including phenoxy) is 6. The lowest BCUT2D eigenvalue weighted by Gasteiger charge is -2.48. The van der Waals surface area contributed by atoms with Crippen molar-refractivity contribution in [2.75, 3.05) is 26.4 Å². The monoisotopic (exact) mass is 1290 g/mol. The number of carbonyl (C=O) groups is 1. The molecule has 3 rings (SSSR count). The number of aliphatic hydroxyl groups excluding tert-OH is 11. The van der Waals surface area contributed by atoms with Crippen molar-refractivity contribution in [3.8, 4) is 0 Å². The van der Waals surface area contributed by atoms with Crippen molar-refractivity contribution < 1.29 is 89.4 Å². The van der Waals surface area contributed by atoms with Crippen molar-refractivity contribution in [2.45, 2.75) is 311 Å². The Morgan fingerprint density at radius 3 is 1.23 bits per heavy atom. The Hall–Kier alpha value is -3.55. The van der Waals surface area contributed by atoms with Gasteiger partial charge in [-0.25, -0.2) is 0 Å². The second kappa shape index (κ2) is 52.7. The van der Waals surface area contributed by atoms with Crippen molar-refractivity contribution in [1.29, 1.82) is 0 Å². The smallest absolute Gasteiger partial charge is 0.220 e. The van der Waals surface area contributed by atoms with Gasteiger partial charge in [0, 0.05) is 6.42 Å². The first kappa shape index (κ1) is 81.7. The Morgan fingerprint density at radius 1 is 0.407 bits per heavy atom. The quantitative estimate of drug-likeness (QED) is 0.0200. The first-order valence-electron chi connectivity index (χ1n) is 34.6. The zero-order valence-corrected chi connectivity index (χ0v) is 55.0. The van der Waals surface area contributed by atoms with Crippen molar-refractivity contribution in [2.24, 2.45) is 0 Å². The molecule has 3 heterocycles. The SMILES string of the molecule is CC/C=C\C/C=C\C/C=C\C/C=C\C/C=C\C/C=C\CCCCCCCCCCC(=O)NC(COC1OC(CO)C(OC2OC(CO)C(OC3OC(CO)C(O)C(O)C3O)C(O)C2O)C(O)C1O)C(O)/C=C/CC/C=C/CC/C=C/CCCCCCCCCCC. The lowest BCUT2D eigenvalue weighted by molar-refractivity contribution is -0.379. The number of hydrogen-bond acceptors (Lipinski definition) is 18. The van der Waals surface area contributed by atoms with Gasteiger partial charge < -0.3 is 89.9 Å². The van der Waals surface area contributed by atoms with E-state index in [2.05, 4.69) is 116 Å². The number of aliphatic hydroxyl groups is 11.